The van der Waals surface area contributed by atoms with Crippen LogP contribution in [0.2, 0.25) is 0 Å². The molecule has 2 unspecified atom stereocenters. The molecule has 1 amide bonds. The Balaban J connectivity index is 1.92. The number of halogens is 1. The first-order chi connectivity index (χ1) is 7.80. The summed E-state index contributed by atoms with van der Waals surface area (Å²) >= 11 is 3.69. The predicted molar refractivity (Wildman–Crippen MR) is 71.4 cm³/mol. The smallest absolute Gasteiger partial charge is 0.410 e. The van der Waals surface area contributed by atoms with Gasteiger partial charge < -0.3 is 9.64 Å². The van der Waals surface area contributed by atoms with Gasteiger partial charge in [0.25, 0.3) is 0 Å². The van der Waals surface area contributed by atoms with Crippen LogP contribution in [-0.2, 0) is 4.74 Å². The van der Waals surface area contributed by atoms with E-state index < -0.39 is 0 Å². The third kappa shape index (κ3) is 3.15. The average Bonchev–Trinajstić information content (AvgIpc) is 2.72. The summed E-state index contributed by atoms with van der Waals surface area (Å²) in [6.07, 6.45) is 4.66. The molecule has 1 saturated heterocycles. The van der Waals surface area contributed by atoms with Crippen LogP contribution in [0, 0.1) is 5.41 Å². The minimum Gasteiger partial charge on any atom is -0.444 e. The minimum absolute atomic E-state index is 0.146. The summed E-state index contributed by atoms with van der Waals surface area (Å²) in [6, 6.07) is 0. The molecule has 0 aromatic carbocycles. The summed E-state index contributed by atoms with van der Waals surface area (Å²) in [5.41, 5.74) is -0.0223. The topological polar surface area (TPSA) is 29.5 Å². The van der Waals surface area contributed by atoms with Gasteiger partial charge in [0.05, 0.1) is 0 Å². The Morgan fingerprint density at radius 2 is 2.12 bits per heavy atom. The monoisotopic (exact) mass is 303 g/mol. The zero-order valence-corrected chi connectivity index (χ0v) is 12.5. The molecule has 4 heteroatoms. The molecule has 0 aromatic heterocycles. The molecule has 1 saturated carbocycles. The van der Waals surface area contributed by atoms with Crippen LogP contribution in [0.4, 0.5) is 4.79 Å². The van der Waals surface area contributed by atoms with E-state index in [9.17, 15) is 4.79 Å². The second-order valence-electron chi connectivity index (χ2n) is 6.49. The Morgan fingerprint density at radius 3 is 2.65 bits per heavy atom. The lowest BCUT2D eigenvalue weighted by Crippen LogP contribution is -2.36. The zero-order valence-electron chi connectivity index (χ0n) is 11.0. The van der Waals surface area contributed by atoms with Gasteiger partial charge in [-0.1, -0.05) is 15.9 Å². The van der Waals surface area contributed by atoms with Crippen molar-refractivity contribution in [3.8, 4) is 0 Å². The van der Waals surface area contributed by atoms with Crippen molar-refractivity contribution in [2.75, 3.05) is 13.1 Å². The Hall–Kier alpha value is -0.250. The van der Waals surface area contributed by atoms with E-state index in [2.05, 4.69) is 15.9 Å². The number of hydrogen-bond acceptors (Lipinski definition) is 2. The summed E-state index contributed by atoms with van der Waals surface area (Å²) < 4.78 is 5.43. The summed E-state index contributed by atoms with van der Waals surface area (Å²) in [4.78, 5) is 14.5. The molecule has 0 bridgehead atoms. The van der Waals surface area contributed by atoms with E-state index in [0.717, 1.165) is 19.5 Å². The molecule has 17 heavy (non-hydrogen) atoms. The van der Waals surface area contributed by atoms with E-state index in [-0.39, 0.29) is 11.7 Å². The normalized spacial score (nSPS) is 33.4. The van der Waals surface area contributed by atoms with Gasteiger partial charge in [0.15, 0.2) is 0 Å². The molecule has 98 valence electrons. The van der Waals surface area contributed by atoms with Gasteiger partial charge in [0.2, 0.25) is 0 Å². The first-order valence-corrected chi connectivity index (χ1v) is 7.33. The van der Waals surface area contributed by atoms with Crippen LogP contribution < -0.4 is 0 Å². The number of amides is 1. The predicted octanol–water partition coefficient (Wildman–Crippen LogP) is 3.56. The number of rotatable bonds is 0. The summed E-state index contributed by atoms with van der Waals surface area (Å²) in [7, 11) is 0. The van der Waals surface area contributed by atoms with E-state index >= 15 is 0 Å². The van der Waals surface area contributed by atoms with E-state index in [0.29, 0.717) is 10.2 Å². The highest BCUT2D eigenvalue weighted by Gasteiger charge is 2.45. The minimum atomic E-state index is -0.388. The number of hydrogen-bond donors (Lipinski definition) is 0. The number of alkyl halides is 1. The molecular formula is C13H22BrNO2. The maximum absolute atomic E-state index is 12.0. The molecule has 2 atom stereocenters. The third-order valence-electron chi connectivity index (χ3n) is 3.73. The van der Waals surface area contributed by atoms with E-state index in [1.54, 1.807) is 0 Å². The third-order valence-corrected chi connectivity index (χ3v) is 4.51. The Bertz CT molecular complexity index is 313. The van der Waals surface area contributed by atoms with Gasteiger partial charge in [-0.2, -0.15) is 0 Å². The van der Waals surface area contributed by atoms with Crippen molar-refractivity contribution < 1.29 is 9.53 Å². The summed E-state index contributed by atoms with van der Waals surface area (Å²) in [6.45, 7) is 7.49. The molecular weight excluding hydrogens is 282 g/mol. The Morgan fingerprint density at radius 1 is 1.41 bits per heavy atom. The first-order valence-electron chi connectivity index (χ1n) is 6.42. The number of ether oxygens (including phenoxy) is 1. The molecule has 3 nitrogen and oxygen atoms in total. The van der Waals surface area contributed by atoms with Gasteiger partial charge in [-0.25, -0.2) is 4.79 Å². The number of nitrogens with zero attached hydrogens (tertiary/aromatic N) is 1. The van der Waals surface area contributed by atoms with Crippen LogP contribution in [0.1, 0.15) is 46.5 Å². The molecule has 1 aliphatic carbocycles. The molecule has 2 aliphatic rings. The van der Waals surface area contributed by atoms with Crippen LogP contribution in [0.5, 0.6) is 0 Å². The van der Waals surface area contributed by atoms with Crippen molar-refractivity contribution in [1.29, 1.82) is 0 Å². The number of carbonyl (C=O) groups is 1. The maximum Gasteiger partial charge on any atom is 0.410 e. The molecule has 2 rings (SSSR count). The van der Waals surface area contributed by atoms with Crippen molar-refractivity contribution in [1.82, 2.24) is 4.90 Å². The van der Waals surface area contributed by atoms with Gasteiger partial charge in [-0.3, -0.25) is 0 Å². The van der Waals surface area contributed by atoms with E-state index in [1.165, 1.54) is 19.3 Å². The van der Waals surface area contributed by atoms with Gasteiger partial charge in [-0.15, -0.1) is 0 Å². The molecule has 1 spiro atoms. The number of carbonyl (C=O) groups excluding carboxylic acids is 1. The van der Waals surface area contributed by atoms with Gasteiger partial charge in [-0.05, 0) is 51.9 Å². The van der Waals surface area contributed by atoms with Crippen LogP contribution in [0.15, 0.2) is 0 Å². The molecule has 0 aromatic rings. The molecule has 2 fully saturated rings. The lowest BCUT2D eigenvalue weighted by atomic mass is 9.86. The second kappa shape index (κ2) is 4.45. The zero-order chi connectivity index (χ0) is 12.7. The van der Waals surface area contributed by atoms with E-state index in [1.807, 2.05) is 25.7 Å². The SMILES string of the molecule is CC(C)(C)OC(=O)N1CCC2(CCC(Br)C2)C1. The van der Waals surface area contributed by atoms with Gasteiger partial charge in [0.1, 0.15) is 5.60 Å². The second-order valence-corrected chi connectivity index (χ2v) is 7.79. The molecule has 0 N–H and O–H groups in total. The van der Waals surface area contributed by atoms with Crippen molar-refractivity contribution in [3.63, 3.8) is 0 Å². The Kier molecular flexibility index (Phi) is 3.45. The van der Waals surface area contributed by atoms with E-state index in [4.69, 9.17) is 4.74 Å². The fourth-order valence-electron chi connectivity index (χ4n) is 2.92. The van der Waals surface area contributed by atoms with Crippen LogP contribution in [-0.4, -0.2) is 34.5 Å². The first kappa shape index (κ1) is 13.2. The number of likely N-dealkylation sites (tertiary alicyclic amines) is 1. The Labute approximate surface area is 112 Å². The average molecular weight is 304 g/mol. The highest BCUT2D eigenvalue weighted by molar-refractivity contribution is 9.09. The summed E-state index contributed by atoms with van der Waals surface area (Å²) in [5, 5.41) is 0. The van der Waals surface area contributed by atoms with Crippen molar-refractivity contribution >= 4 is 22.0 Å². The van der Waals surface area contributed by atoms with Crippen molar-refractivity contribution in [2.24, 2.45) is 5.41 Å². The molecule has 1 heterocycles. The highest BCUT2D eigenvalue weighted by atomic mass is 79.9. The van der Waals surface area contributed by atoms with Crippen LogP contribution >= 0.6 is 15.9 Å². The van der Waals surface area contributed by atoms with Gasteiger partial charge >= 0.3 is 6.09 Å². The molecule has 0 radical (unpaired) electrons. The lowest BCUT2D eigenvalue weighted by Gasteiger charge is -2.26. The van der Waals surface area contributed by atoms with Gasteiger partial charge in [0, 0.05) is 17.9 Å². The quantitative estimate of drug-likeness (QED) is 0.640. The van der Waals surface area contributed by atoms with Crippen LogP contribution in [0.3, 0.4) is 0 Å². The lowest BCUT2D eigenvalue weighted by molar-refractivity contribution is 0.0273. The summed E-state index contributed by atoms with van der Waals surface area (Å²) in [5.74, 6) is 0. The molecule has 1 aliphatic heterocycles. The van der Waals surface area contributed by atoms with Crippen LogP contribution in [0.25, 0.3) is 0 Å². The van der Waals surface area contributed by atoms with Crippen molar-refractivity contribution in [2.45, 2.75) is 56.9 Å². The fraction of sp³-hybridized carbons (Fsp3) is 0.923. The standard InChI is InChI=1S/C13H22BrNO2/c1-12(2,3)17-11(16)15-7-6-13(9-15)5-4-10(14)8-13/h10H,4-9H2,1-3H3. The maximum atomic E-state index is 12.0. The van der Waals surface area contributed by atoms with Crippen molar-refractivity contribution in [3.05, 3.63) is 0 Å². The fourth-order valence-corrected chi connectivity index (χ4v) is 3.84. The highest BCUT2D eigenvalue weighted by Crippen LogP contribution is 2.47. The largest absolute Gasteiger partial charge is 0.444 e.